The number of hydrogen-bond acceptors (Lipinski definition) is 2. The van der Waals surface area contributed by atoms with Crippen molar-refractivity contribution in [3.8, 4) is 0 Å². The van der Waals surface area contributed by atoms with Crippen LogP contribution in [0.25, 0.3) is 0 Å². The molecule has 0 aromatic rings. The minimum absolute atomic E-state index is 0.152. The van der Waals surface area contributed by atoms with Crippen LogP contribution in [-0.2, 0) is 9.59 Å². The lowest BCUT2D eigenvalue weighted by Crippen LogP contribution is -2.41. The molecule has 56 valence electrons. The van der Waals surface area contributed by atoms with Crippen molar-refractivity contribution in [2.45, 2.75) is 25.8 Å². The number of likely N-dealkylation sites (tertiary alicyclic amines) is 1. The second kappa shape index (κ2) is 2.08. The van der Waals surface area contributed by atoms with E-state index in [-0.39, 0.29) is 5.78 Å². The van der Waals surface area contributed by atoms with Gasteiger partial charge < -0.3 is 4.90 Å². The van der Waals surface area contributed by atoms with Crippen LogP contribution in [0.3, 0.4) is 0 Å². The Morgan fingerprint density at radius 2 is 2.20 bits per heavy atom. The SMILES string of the molecule is CC1(C)C(=O)CCN1C=O. The van der Waals surface area contributed by atoms with Crippen LogP contribution in [0.15, 0.2) is 0 Å². The van der Waals surface area contributed by atoms with Crippen LogP contribution in [0.4, 0.5) is 0 Å². The summed E-state index contributed by atoms with van der Waals surface area (Å²) in [6, 6.07) is 0. The molecule has 0 spiro atoms. The summed E-state index contributed by atoms with van der Waals surface area (Å²) in [6.07, 6.45) is 1.25. The number of nitrogens with zero attached hydrogens (tertiary/aromatic N) is 1. The molecule has 0 aromatic heterocycles. The smallest absolute Gasteiger partial charge is 0.210 e. The molecule has 0 unspecified atom stereocenters. The second-order valence-electron chi connectivity index (χ2n) is 3.03. The van der Waals surface area contributed by atoms with Gasteiger partial charge in [0.1, 0.15) is 0 Å². The van der Waals surface area contributed by atoms with Crippen LogP contribution in [0.5, 0.6) is 0 Å². The minimum atomic E-state index is -0.554. The summed E-state index contributed by atoms with van der Waals surface area (Å²) in [7, 11) is 0. The Morgan fingerprint density at radius 1 is 1.60 bits per heavy atom. The predicted molar refractivity (Wildman–Crippen MR) is 36.5 cm³/mol. The normalized spacial score (nSPS) is 23.4. The molecule has 0 bridgehead atoms. The van der Waals surface area contributed by atoms with Gasteiger partial charge in [0.05, 0.1) is 5.54 Å². The lowest BCUT2D eigenvalue weighted by Gasteiger charge is -2.25. The van der Waals surface area contributed by atoms with E-state index in [4.69, 9.17) is 0 Å². The Kier molecular flexibility index (Phi) is 1.50. The Labute approximate surface area is 60.0 Å². The molecule has 0 aromatic carbocycles. The molecule has 1 amide bonds. The van der Waals surface area contributed by atoms with Gasteiger partial charge in [-0.3, -0.25) is 9.59 Å². The van der Waals surface area contributed by atoms with Crippen molar-refractivity contribution >= 4 is 12.2 Å². The van der Waals surface area contributed by atoms with Gasteiger partial charge in [-0.2, -0.15) is 0 Å². The molecule has 10 heavy (non-hydrogen) atoms. The van der Waals surface area contributed by atoms with E-state index in [0.29, 0.717) is 13.0 Å². The first kappa shape index (κ1) is 7.25. The molecule has 1 heterocycles. The first-order valence-electron chi connectivity index (χ1n) is 3.34. The van der Waals surface area contributed by atoms with Gasteiger partial charge >= 0.3 is 0 Å². The lowest BCUT2D eigenvalue weighted by molar-refractivity contribution is -0.130. The van der Waals surface area contributed by atoms with Crippen molar-refractivity contribution in [1.29, 1.82) is 0 Å². The third kappa shape index (κ3) is 0.818. The highest BCUT2D eigenvalue weighted by atomic mass is 16.2. The molecule has 1 fully saturated rings. The Morgan fingerprint density at radius 3 is 2.40 bits per heavy atom. The third-order valence-electron chi connectivity index (χ3n) is 2.11. The van der Waals surface area contributed by atoms with Crippen molar-refractivity contribution in [1.82, 2.24) is 4.90 Å². The van der Waals surface area contributed by atoms with E-state index >= 15 is 0 Å². The molecule has 1 aliphatic rings. The van der Waals surface area contributed by atoms with Gasteiger partial charge in [0.25, 0.3) is 0 Å². The van der Waals surface area contributed by atoms with E-state index in [0.717, 1.165) is 6.41 Å². The van der Waals surface area contributed by atoms with Gasteiger partial charge in [-0.1, -0.05) is 0 Å². The van der Waals surface area contributed by atoms with Gasteiger partial charge in [-0.15, -0.1) is 0 Å². The number of carbonyl (C=O) groups is 2. The van der Waals surface area contributed by atoms with Gasteiger partial charge in [0, 0.05) is 13.0 Å². The maximum Gasteiger partial charge on any atom is 0.210 e. The van der Waals surface area contributed by atoms with Crippen molar-refractivity contribution in [2.75, 3.05) is 6.54 Å². The highest BCUT2D eigenvalue weighted by Crippen LogP contribution is 2.22. The predicted octanol–water partition coefficient (Wildman–Crippen LogP) is 0.196. The lowest BCUT2D eigenvalue weighted by atomic mass is 10.0. The fourth-order valence-corrected chi connectivity index (χ4v) is 1.15. The number of amides is 1. The van der Waals surface area contributed by atoms with Crippen LogP contribution in [-0.4, -0.2) is 29.2 Å². The number of Topliss-reactive ketones (excluding diaryl/α,β-unsaturated/α-hetero) is 1. The zero-order valence-electron chi connectivity index (χ0n) is 6.26. The molecule has 1 rings (SSSR count). The summed E-state index contributed by atoms with van der Waals surface area (Å²) in [6.45, 7) is 4.13. The molecule has 1 aliphatic heterocycles. The Balaban J connectivity index is 2.83. The summed E-state index contributed by atoms with van der Waals surface area (Å²) in [5, 5.41) is 0. The Bertz CT molecular complexity index is 174. The van der Waals surface area contributed by atoms with Crippen molar-refractivity contribution in [3.05, 3.63) is 0 Å². The Hall–Kier alpha value is -0.860. The molecule has 3 nitrogen and oxygen atoms in total. The van der Waals surface area contributed by atoms with E-state index in [1.165, 1.54) is 4.90 Å². The van der Waals surface area contributed by atoms with E-state index in [1.54, 1.807) is 13.8 Å². The molecule has 1 saturated heterocycles. The standard InChI is InChI=1S/C7H11NO2/c1-7(2)6(10)3-4-8(7)5-9/h5H,3-4H2,1-2H3. The fraction of sp³-hybridized carbons (Fsp3) is 0.714. The highest BCUT2D eigenvalue weighted by Gasteiger charge is 2.38. The fourth-order valence-electron chi connectivity index (χ4n) is 1.15. The maximum atomic E-state index is 11.1. The van der Waals surface area contributed by atoms with Gasteiger partial charge in [0.2, 0.25) is 6.41 Å². The molecule has 0 saturated carbocycles. The minimum Gasteiger partial charge on any atom is -0.333 e. The van der Waals surface area contributed by atoms with Gasteiger partial charge in [-0.05, 0) is 13.8 Å². The van der Waals surface area contributed by atoms with E-state index in [1.807, 2.05) is 0 Å². The molecular formula is C7H11NO2. The summed E-state index contributed by atoms with van der Waals surface area (Å²) in [4.78, 5) is 22.9. The van der Waals surface area contributed by atoms with Crippen molar-refractivity contribution < 1.29 is 9.59 Å². The van der Waals surface area contributed by atoms with Crippen LogP contribution in [0.2, 0.25) is 0 Å². The number of ketones is 1. The highest BCUT2D eigenvalue weighted by molar-refractivity contribution is 5.92. The first-order chi connectivity index (χ1) is 4.59. The number of hydrogen-bond donors (Lipinski definition) is 0. The van der Waals surface area contributed by atoms with Crippen LogP contribution in [0, 0.1) is 0 Å². The molecular weight excluding hydrogens is 130 g/mol. The molecule has 0 N–H and O–H groups in total. The summed E-state index contributed by atoms with van der Waals surface area (Å²) in [5.41, 5.74) is -0.554. The largest absolute Gasteiger partial charge is 0.333 e. The second-order valence-corrected chi connectivity index (χ2v) is 3.03. The van der Waals surface area contributed by atoms with Crippen LogP contribution in [0.1, 0.15) is 20.3 Å². The summed E-state index contributed by atoms with van der Waals surface area (Å²) >= 11 is 0. The number of rotatable bonds is 1. The number of carbonyl (C=O) groups excluding carboxylic acids is 2. The molecule has 0 radical (unpaired) electrons. The maximum absolute atomic E-state index is 11.1. The summed E-state index contributed by atoms with van der Waals surface area (Å²) < 4.78 is 0. The van der Waals surface area contributed by atoms with Crippen LogP contribution < -0.4 is 0 Å². The third-order valence-corrected chi connectivity index (χ3v) is 2.11. The zero-order valence-corrected chi connectivity index (χ0v) is 6.26. The van der Waals surface area contributed by atoms with Crippen LogP contribution >= 0.6 is 0 Å². The first-order valence-corrected chi connectivity index (χ1v) is 3.34. The molecule has 3 heteroatoms. The zero-order chi connectivity index (χ0) is 7.78. The van der Waals surface area contributed by atoms with Crippen molar-refractivity contribution in [2.24, 2.45) is 0 Å². The quantitative estimate of drug-likeness (QED) is 0.489. The topological polar surface area (TPSA) is 37.4 Å². The van der Waals surface area contributed by atoms with E-state index in [2.05, 4.69) is 0 Å². The molecule has 0 aliphatic carbocycles. The van der Waals surface area contributed by atoms with E-state index in [9.17, 15) is 9.59 Å². The monoisotopic (exact) mass is 141 g/mol. The summed E-state index contributed by atoms with van der Waals surface area (Å²) in [5.74, 6) is 0.152. The van der Waals surface area contributed by atoms with Gasteiger partial charge in [-0.25, -0.2) is 0 Å². The van der Waals surface area contributed by atoms with Crippen molar-refractivity contribution in [3.63, 3.8) is 0 Å². The average Bonchev–Trinajstić information content (AvgIpc) is 2.10. The molecule has 0 atom stereocenters. The average molecular weight is 141 g/mol. The van der Waals surface area contributed by atoms with E-state index < -0.39 is 5.54 Å². The van der Waals surface area contributed by atoms with Gasteiger partial charge in [0.15, 0.2) is 5.78 Å².